The Labute approximate surface area is 581 Å². The third-order valence-electron chi connectivity index (χ3n) is 18.1. The molecule has 17 nitrogen and oxygen atoms in total. The number of esters is 4. The molecule has 0 radical (unpaired) electrons. The van der Waals surface area contributed by atoms with Gasteiger partial charge in [0.25, 0.3) is 0 Å². The third-order valence-corrected chi connectivity index (χ3v) is 20.0. The zero-order chi connectivity index (χ0) is 70.0. The largest absolute Gasteiger partial charge is 0.472 e. The van der Waals surface area contributed by atoms with Crippen molar-refractivity contribution < 1.29 is 80.2 Å². The molecule has 0 fully saturated rings. The SMILES string of the molecule is CCCCCCCCCCCC(=O)OC[C@H](COP(=O)(O)OC[C@H](O)COP(=O)(O)OC[C@@H](COC(=O)CCCCCCCCCCCCCCCCC(C)CC)OC(=O)CCCCCCCCCCCCCCCCCCC(C)C)OC(=O)CCCCCCCCCCC. The molecule has 0 bridgehead atoms. The first kappa shape index (κ1) is 93.1. The molecule has 0 aromatic carbocycles. The van der Waals surface area contributed by atoms with Gasteiger partial charge in [0.2, 0.25) is 0 Å². The molecule has 3 unspecified atom stereocenters. The van der Waals surface area contributed by atoms with Crippen LogP contribution in [0.4, 0.5) is 0 Å². The van der Waals surface area contributed by atoms with Gasteiger partial charge in [-0.15, -0.1) is 0 Å². The van der Waals surface area contributed by atoms with Crippen LogP contribution >= 0.6 is 15.6 Å². The van der Waals surface area contributed by atoms with E-state index in [1.54, 1.807) is 0 Å². The number of hydrogen-bond acceptors (Lipinski definition) is 15. The molecule has 0 aromatic rings. The standard InChI is InChI=1S/C76H148O17P2/c1-7-10-12-14-16-32-40-46-52-58-73(78)86-64-71(92-75(80)60-54-48-42-33-17-15-13-11-8-2)66-90-94(82,83)88-62-70(77)63-89-95(84,85)91-67-72(65-87-74(79)59-53-47-41-36-30-26-23-22-25-29-35-39-45-51-57-69(6)9-3)93-76(81)61-55-49-43-37-31-27-21-19-18-20-24-28-34-38-44-50-56-68(4)5/h68-72,77H,7-67H2,1-6H3,(H,82,83)(H,84,85)/t69?,70-,71+,72+/m0/s1. The lowest BCUT2D eigenvalue weighted by Crippen LogP contribution is -2.30. The average Bonchev–Trinajstić information content (AvgIpc) is 1.61. The molecule has 95 heavy (non-hydrogen) atoms. The van der Waals surface area contributed by atoms with Crippen molar-refractivity contribution in [3.8, 4) is 0 Å². The molecule has 564 valence electrons. The zero-order valence-electron chi connectivity index (χ0n) is 62.0. The summed E-state index contributed by atoms with van der Waals surface area (Å²) in [4.78, 5) is 72.7. The highest BCUT2D eigenvalue weighted by Gasteiger charge is 2.30. The van der Waals surface area contributed by atoms with Crippen LogP contribution in [0.1, 0.15) is 395 Å². The van der Waals surface area contributed by atoms with Crippen molar-refractivity contribution in [1.82, 2.24) is 0 Å². The number of rotatable bonds is 75. The van der Waals surface area contributed by atoms with Crippen molar-refractivity contribution in [2.75, 3.05) is 39.6 Å². The van der Waals surface area contributed by atoms with Gasteiger partial charge in [-0.1, -0.05) is 343 Å². The van der Waals surface area contributed by atoms with Gasteiger partial charge >= 0.3 is 39.5 Å². The molecule has 19 heteroatoms. The summed E-state index contributed by atoms with van der Waals surface area (Å²) in [6.45, 7) is 9.65. The second-order valence-electron chi connectivity index (χ2n) is 28.1. The van der Waals surface area contributed by atoms with Crippen LogP contribution in [0.2, 0.25) is 0 Å². The first-order chi connectivity index (χ1) is 45.9. The maximum atomic E-state index is 13.1. The van der Waals surface area contributed by atoms with Crippen molar-refractivity contribution in [1.29, 1.82) is 0 Å². The van der Waals surface area contributed by atoms with Crippen LogP contribution in [0.15, 0.2) is 0 Å². The van der Waals surface area contributed by atoms with Gasteiger partial charge in [-0.25, -0.2) is 9.13 Å². The first-order valence-electron chi connectivity index (χ1n) is 39.5. The van der Waals surface area contributed by atoms with E-state index in [1.165, 1.54) is 212 Å². The molecule has 0 aromatic heterocycles. The van der Waals surface area contributed by atoms with E-state index >= 15 is 0 Å². The summed E-state index contributed by atoms with van der Waals surface area (Å²) in [6.07, 6.45) is 55.5. The molecule has 0 aliphatic carbocycles. The Morgan fingerprint density at radius 2 is 0.537 bits per heavy atom. The lowest BCUT2D eigenvalue weighted by Gasteiger charge is -2.21. The normalized spacial score (nSPS) is 14.3. The zero-order valence-corrected chi connectivity index (χ0v) is 63.8. The number of aliphatic hydroxyl groups excluding tert-OH is 1. The molecular formula is C76H148O17P2. The van der Waals surface area contributed by atoms with Crippen LogP contribution in [0.3, 0.4) is 0 Å². The Morgan fingerprint density at radius 3 is 0.800 bits per heavy atom. The van der Waals surface area contributed by atoms with Crippen molar-refractivity contribution in [2.24, 2.45) is 11.8 Å². The summed E-state index contributed by atoms with van der Waals surface area (Å²) in [7, 11) is -9.90. The van der Waals surface area contributed by atoms with Gasteiger partial charge in [-0.3, -0.25) is 37.3 Å². The number of phosphoric acid groups is 2. The van der Waals surface area contributed by atoms with E-state index < -0.39 is 97.5 Å². The van der Waals surface area contributed by atoms with Crippen LogP contribution in [0, 0.1) is 11.8 Å². The maximum Gasteiger partial charge on any atom is 0.472 e. The fourth-order valence-electron chi connectivity index (χ4n) is 11.6. The minimum Gasteiger partial charge on any atom is -0.462 e. The van der Waals surface area contributed by atoms with Crippen LogP contribution < -0.4 is 0 Å². The monoisotopic (exact) mass is 1400 g/mol. The second kappa shape index (κ2) is 67.9. The van der Waals surface area contributed by atoms with E-state index in [9.17, 15) is 43.2 Å². The molecule has 0 saturated heterocycles. The fourth-order valence-corrected chi connectivity index (χ4v) is 13.2. The minimum absolute atomic E-state index is 0.106. The molecule has 6 atom stereocenters. The summed E-state index contributed by atoms with van der Waals surface area (Å²) in [5, 5.41) is 10.6. The fraction of sp³-hybridized carbons (Fsp3) is 0.947. The van der Waals surface area contributed by atoms with E-state index in [2.05, 4.69) is 41.5 Å². The van der Waals surface area contributed by atoms with Crippen molar-refractivity contribution in [2.45, 2.75) is 413 Å². The highest BCUT2D eigenvalue weighted by atomic mass is 31.2. The topological polar surface area (TPSA) is 237 Å². The first-order valence-corrected chi connectivity index (χ1v) is 42.5. The molecule has 0 heterocycles. The predicted octanol–water partition coefficient (Wildman–Crippen LogP) is 22.3. The Morgan fingerprint density at radius 1 is 0.305 bits per heavy atom. The Kier molecular flexibility index (Phi) is 66.5. The number of hydrogen-bond donors (Lipinski definition) is 3. The van der Waals surface area contributed by atoms with Crippen LogP contribution in [-0.2, 0) is 65.4 Å². The van der Waals surface area contributed by atoms with Crippen molar-refractivity contribution in [3.63, 3.8) is 0 Å². The number of aliphatic hydroxyl groups is 1. The molecule has 0 amide bonds. The Balaban J connectivity index is 5.19. The molecular weight excluding hydrogens is 1250 g/mol. The van der Waals surface area contributed by atoms with E-state index in [4.69, 9.17) is 37.0 Å². The van der Waals surface area contributed by atoms with Crippen LogP contribution in [-0.4, -0.2) is 96.7 Å². The molecule has 3 N–H and O–H groups in total. The highest BCUT2D eigenvalue weighted by molar-refractivity contribution is 7.47. The third kappa shape index (κ3) is 69.0. The maximum absolute atomic E-state index is 13.1. The predicted molar refractivity (Wildman–Crippen MR) is 386 cm³/mol. The van der Waals surface area contributed by atoms with Crippen molar-refractivity contribution >= 4 is 39.5 Å². The number of ether oxygens (including phenoxy) is 4. The van der Waals surface area contributed by atoms with Gasteiger partial charge in [-0.05, 0) is 37.5 Å². The summed E-state index contributed by atoms with van der Waals surface area (Å²) in [5.74, 6) is -0.459. The molecule has 0 rings (SSSR count). The quantitative estimate of drug-likeness (QED) is 0.0222. The molecule has 0 spiro atoms. The second-order valence-corrected chi connectivity index (χ2v) is 31.0. The summed E-state index contributed by atoms with van der Waals surface area (Å²) in [6, 6.07) is 0. The summed E-state index contributed by atoms with van der Waals surface area (Å²) < 4.78 is 68.4. The number of phosphoric ester groups is 2. The van der Waals surface area contributed by atoms with Gasteiger partial charge in [-0.2, -0.15) is 0 Å². The van der Waals surface area contributed by atoms with Crippen LogP contribution in [0.25, 0.3) is 0 Å². The minimum atomic E-state index is -4.96. The van der Waals surface area contributed by atoms with Crippen molar-refractivity contribution in [3.05, 3.63) is 0 Å². The lowest BCUT2D eigenvalue weighted by atomic mass is 9.99. The molecule has 0 saturated carbocycles. The lowest BCUT2D eigenvalue weighted by molar-refractivity contribution is -0.161. The smallest absolute Gasteiger partial charge is 0.462 e. The molecule has 0 aliphatic rings. The van der Waals surface area contributed by atoms with Gasteiger partial charge in [0.05, 0.1) is 26.4 Å². The van der Waals surface area contributed by atoms with Gasteiger partial charge < -0.3 is 33.8 Å². The van der Waals surface area contributed by atoms with E-state index in [-0.39, 0.29) is 25.7 Å². The van der Waals surface area contributed by atoms with E-state index in [0.717, 1.165) is 102 Å². The average molecular weight is 1400 g/mol. The van der Waals surface area contributed by atoms with Crippen LogP contribution in [0.5, 0.6) is 0 Å². The van der Waals surface area contributed by atoms with E-state index in [1.807, 2.05) is 0 Å². The summed E-state index contributed by atoms with van der Waals surface area (Å²) in [5.41, 5.74) is 0. The number of carbonyl (C=O) groups excluding carboxylic acids is 4. The van der Waals surface area contributed by atoms with Gasteiger partial charge in [0.15, 0.2) is 12.2 Å². The number of unbranched alkanes of at least 4 members (excludes halogenated alkanes) is 44. The van der Waals surface area contributed by atoms with Gasteiger partial charge in [0.1, 0.15) is 19.3 Å². The number of carbonyl (C=O) groups is 4. The van der Waals surface area contributed by atoms with E-state index in [0.29, 0.717) is 25.7 Å². The Bertz CT molecular complexity index is 1840. The van der Waals surface area contributed by atoms with Gasteiger partial charge in [0, 0.05) is 25.7 Å². The summed E-state index contributed by atoms with van der Waals surface area (Å²) >= 11 is 0. The highest BCUT2D eigenvalue weighted by Crippen LogP contribution is 2.45. The Hall–Kier alpha value is -1.94. The molecule has 0 aliphatic heterocycles.